The third-order valence-electron chi connectivity index (χ3n) is 3.45. The normalized spacial score (nSPS) is 17.2. The van der Waals surface area contributed by atoms with Gasteiger partial charge in [0.05, 0.1) is 0 Å². The van der Waals surface area contributed by atoms with E-state index < -0.39 is 0 Å². The van der Waals surface area contributed by atoms with Gasteiger partial charge in [0.2, 0.25) is 0 Å². The minimum atomic E-state index is 0.167. The van der Waals surface area contributed by atoms with Crippen LogP contribution in [-0.4, -0.2) is 16.8 Å². The molecule has 1 fully saturated rings. The summed E-state index contributed by atoms with van der Waals surface area (Å²) in [7, 11) is 0. The quantitative estimate of drug-likeness (QED) is 0.371. The Labute approximate surface area is 112 Å². The van der Waals surface area contributed by atoms with E-state index in [1.54, 1.807) is 0 Å². The minimum Gasteiger partial charge on any atom is -0.409 e. The Morgan fingerprint density at radius 2 is 1.94 bits per heavy atom. The van der Waals surface area contributed by atoms with Gasteiger partial charge in [-0.1, -0.05) is 42.3 Å². The standard InChI is InChI=1S/C14H20N2OS/c15-14(16-17)13-7-5-12(6-8-13)10-18-9-11-3-1-2-4-11/h5-8,11,17H,1-4,9-10H2,(H2,15,16). The summed E-state index contributed by atoms with van der Waals surface area (Å²) in [4.78, 5) is 0. The van der Waals surface area contributed by atoms with Crippen LogP contribution in [0, 0.1) is 5.92 Å². The highest BCUT2D eigenvalue weighted by Gasteiger charge is 2.14. The second-order valence-corrected chi connectivity index (χ2v) is 5.88. The summed E-state index contributed by atoms with van der Waals surface area (Å²) in [6.45, 7) is 0. The van der Waals surface area contributed by atoms with Crippen molar-refractivity contribution in [1.82, 2.24) is 0 Å². The van der Waals surface area contributed by atoms with Crippen molar-refractivity contribution in [2.45, 2.75) is 31.4 Å². The monoisotopic (exact) mass is 264 g/mol. The summed E-state index contributed by atoms with van der Waals surface area (Å²) in [6, 6.07) is 7.91. The van der Waals surface area contributed by atoms with Gasteiger partial charge in [-0.2, -0.15) is 11.8 Å². The first-order valence-corrected chi connectivity index (χ1v) is 7.59. The molecule has 0 saturated heterocycles. The van der Waals surface area contributed by atoms with Crippen LogP contribution >= 0.6 is 11.8 Å². The molecule has 1 aromatic rings. The highest BCUT2D eigenvalue weighted by Crippen LogP contribution is 2.29. The van der Waals surface area contributed by atoms with Crippen LogP contribution in [0.2, 0.25) is 0 Å². The van der Waals surface area contributed by atoms with Crippen molar-refractivity contribution in [3.8, 4) is 0 Å². The minimum absolute atomic E-state index is 0.167. The molecule has 0 radical (unpaired) electrons. The number of hydrogen-bond donors (Lipinski definition) is 2. The van der Waals surface area contributed by atoms with Crippen LogP contribution in [0.5, 0.6) is 0 Å². The molecule has 0 amide bonds. The molecule has 0 bridgehead atoms. The Hall–Kier alpha value is -1.16. The Morgan fingerprint density at radius 3 is 2.56 bits per heavy atom. The van der Waals surface area contributed by atoms with Gasteiger partial charge in [-0.15, -0.1) is 0 Å². The van der Waals surface area contributed by atoms with Gasteiger partial charge in [-0.05, 0) is 30.1 Å². The van der Waals surface area contributed by atoms with Gasteiger partial charge in [0.15, 0.2) is 5.84 Å². The summed E-state index contributed by atoms with van der Waals surface area (Å²) < 4.78 is 0. The number of amidine groups is 1. The van der Waals surface area contributed by atoms with Crippen LogP contribution < -0.4 is 5.73 Å². The third-order valence-corrected chi connectivity index (χ3v) is 4.70. The van der Waals surface area contributed by atoms with Crippen LogP contribution in [-0.2, 0) is 5.75 Å². The summed E-state index contributed by atoms with van der Waals surface area (Å²) >= 11 is 2.01. The highest BCUT2D eigenvalue weighted by atomic mass is 32.2. The molecule has 4 heteroatoms. The Balaban J connectivity index is 1.79. The molecule has 1 aromatic carbocycles. The molecule has 0 aliphatic heterocycles. The van der Waals surface area contributed by atoms with Gasteiger partial charge in [0, 0.05) is 11.3 Å². The first-order chi connectivity index (χ1) is 8.79. The van der Waals surface area contributed by atoms with Gasteiger partial charge >= 0.3 is 0 Å². The summed E-state index contributed by atoms with van der Waals surface area (Å²) in [5, 5.41) is 11.6. The molecule has 1 aliphatic rings. The SMILES string of the molecule is NC(=NO)c1ccc(CSCC2CCCC2)cc1. The van der Waals surface area contributed by atoms with Crippen molar-refractivity contribution >= 4 is 17.6 Å². The molecule has 0 aromatic heterocycles. The molecule has 18 heavy (non-hydrogen) atoms. The zero-order chi connectivity index (χ0) is 12.8. The van der Waals surface area contributed by atoms with Crippen LogP contribution in [0.1, 0.15) is 36.8 Å². The molecule has 1 saturated carbocycles. The molecule has 1 aliphatic carbocycles. The molecule has 0 heterocycles. The number of thioether (sulfide) groups is 1. The lowest BCUT2D eigenvalue weighted by atomic mass is 10.1. The van der Waals surface area contributed by atoms with E-state index in [0.29, 0.717) is 0 Å². The van der Waals surface area contributed by atoms with Gasteiger partial charge in [0.25, 0.3) is 0 Å². The fourth-order valence-corrected chi connectivity index (χ4v) is 3.56. The summed E-state index contributed by atoms with van der Waals surface area (Å²) in [5.74, 6) is 3.43. The molecule has 0 atom stereocenters. The first kappa shape index (κ1) is 13.3. The van der Waals surface area contributed by atoms with E-state index in [1.165, 1.54) is 37.0 Å². The van der Waals surface area contributed by atoms with Crippen molar-refractivity contribution in [1.29, 1.82) is 0 Å². The number of oxime groups is 1. The number of benzene rings is 1. The van der Waals surface area contributed by atoms with Gasteiger partial charge < -0.3 is 10.9 Å². The van der Waals surface area contributed by atoms with E-state index in [-0.39, 0.29) is 5.84 Å². The van der Waals surface area contributed by atoms with Gasteiger partial charge in [0.1, 0.15) is 0 Å². The number of rotatable bonds is 5. The van der Waals surface area contributed by atoms with Crippen LogP contribution in [0.25, 0.3) is 0 Å². The van der Waals surface area contributed by atoms with E-state index >= 15 is 0 Å². The number of nitrogens with zero attached hydrogens (tertiary/aromatic N) is 1. The second kappa shape index (κ2) is 6.69. The molecular weight excluding hydrogens is 244 g/mol. The average Bonchev–Trinajstić information content (AvgIpc) is 2.92. The molecule has 3 nitrogen and oxygen atoms in total. The lowest BCUT2D eigenvalue weighted by molar-refractivity contribution is 0.318. The lowest BCUT2D eigenvalue weighted by Gasteiger charge is -2.08. The van der Waals surface area contributed by atoms with E-state index in [9.17, 15) is 0 Å². The Kier molecular flexibility index (Phi) is 4.93. The van der Waals surface area contributed by atoms with Crippen LogP contribution in [0.15, 0.2) is 29.4 Å². The fraction of sp³-hybridized carbons (Fsp3) is 0.500. The van der Waals surface area contributed by atoms with E-state index in [4.69, 9.17) is 10.9 Å². The molecule has 2 rings (SSSR count). The number of nitrogens with two attached hydrogens (primary N) is 1. The lowest BCUT2D eigenvalue weighted by Crippen LogP contribution is -2.12. The zero-order valence-electron chi connectivity index (χ0n) is 10.5. The molecule has 98 valence electrons. The number of hydrogen-bond acceptors (Lipinski definition) is 3. The van der Waals surface area contributed by atoms with Crippen molar-refractivity contribution in [3.63, 3.8) is 0 Å². The van der Waals surface area contributed by atoms with Crippen molar-refractivity contribution in [2.24, 2.45) is 16.8 Å². The smallest absolute Gasteiger partial charge is 0.170 e. The van der Waals surface area contributed by atoms with E-state index in [2.05, 4.69) is 17.3 Å². The maximum atomic E-state index is 8.58. The van der Waals surface area contributed by atoms with Gasteiger partial charge in [-0.25, -0.2) is 0 Å². The molecule has 0 spiro atoms. The summed E-state index contributed by atoms with van der Waals surface area (Å²) in [6.07, 6.45) is 5.66. The van der Waals surface area contributed by atoms with Crippen LogP contribution in [0.4, 0.5) is 0 Å². The largest absolute Gasteiger partial charge is 0.409 e. The zero-order valence-corrected chi connectivity index (χ0v) is 11.3. The maximum absolute atomic E-state index is 8.58. The molecular formula is C14H20N2OS. The fourth-order valence-electron chi connectivity index (χ4n) is 2.35. The Morgan fingerprint density at radius 1 is 1.28 bits per heavy atom. The first-order valence-electron chi connectivity index (χ1n) is 6.44. The Bertz CT molecular complexity index is 397. The van der Waals surface area contributed by atoms with Crippen molar-refractivity contribution in [3.05, 3.63) is 35.4 Å². The molecule has 3 N–H and O–H groups in total. The molecule has 0 unspecified atom stereocenters. The summed E-state index contributed by atoms with van der Waals surface area (Å²) in [5.41, 5.74) is 7.59. The van der Waals surface area contributed by atoms with Gasteiger partial charge in [-0.3, -0.25) is 0 Å². The van der Waals surface area contributed by atoms with Crippen molar-refractivity contribution < 1.29 is 5.21 Å². The second-order valence-electron chi connectivity index (χ2n) is 4.85. The highest BCUT2D eigenvalue weighted by molar-refractivity contribution is 7.98. The predicted molar refractivity (Wildman–Crippen MR) is 77.1 cm³/mol. The maximum Gasteiger partial charge on any atom is 0.170 e. The van der Waals surface area contributed by atoms with Crippen LogP contribution in [0.3, 0.4) is 0 Å². The average molecular weight is 264 g/mol. The van der Waals surface area contributed by atoms with E-state index in [0.717, 1.165) is 17.2 Å². The van der Waals surface area contributed by atoms with E-state index in [1.807, 2.05) is 23.9 Å². The third kappa shape index (κ3) is 3.67. The topological polar surface area (TPSA) is 58.6 Å². The van der Waals surface area contributed by atoms with Crippen molar-refractivity contribution in [2.75, 3.05) is 5.75 Å². The predicted octanol–water partition coefficient (Wildman–Crippen LogP) is 3.20.